The molecule has 4 aliphatic rings. The van der Waals surface area contributed by atoms with Crippen LogP contribution in [0.4, 0.5) is 26.3 Å². The van der Waals surface area contributed by atoms with E-state index >= 15 is 0 Å². The van der Waals surface area contributed by atoms with Crippen molar-refractivity contribution in [2.45, 2.75) is 103 Å². The topological polar surface area (TPSA) is 47.1 Å². The Morgan fingerprint density at radius 2 is 0.833 bits per heavy atom. The van der Waals surface area contributed by atoms with Crippen LogP contribution in [0.3, 0.4) is 0 Å². The Kier molecular flexibility index (Phi) is 13.4. The van der Waals surface area contributed by atoms with Crippen molar-refractivity contribution in [1.29, 1.82) is 0 Å². The van der Waals surface area contributed by atoms with Crippen molar-refractivity contribution in [3.05, 3.63) is 141 Å². The molecule has 60 heavy (non-hydrogen) atoms. The molecule has 4 aromatic rings. The summed E-state index contributed by atoms with van der Waals surface area (Å²) in [5.74, 6) is -1.91. The van der Waals surface area contributed by atoms with Crippen molar-refractivity contribution in [3.8, 4) is 0 Å². The molecule has 6 atom stereocenters. The lowest BCUT2D eigenvalue weighted by Gasteiger charge is -2.37. The minimum Gasteiger partial charge on any atom is -0.337 e. The van der Waals surface area contributed by atoms with Gasteiger partial charge in [0.25, 0.3) is 0 Å². The summed E-state index contributed by atoms with van der Waals surface area (Å²) in [6, 6.07) is 19.2. The standard InChI is InChI=1S/2C24H27F3N2O/c2*1-15-3-5-17(11-20(15)25)13-29-10-8-23(24(29)30)28-9-7-19(22(27)14-28)18-6-4-16(2)21(26)12-18/h2*3-6,11-12,19,22-23H,7-10,13-14H2,1-2H3/t19-,22+,23+;19-,22+,23-/m00/s1. The van der Waals surface area contributed by atoms with Crippen molar-refractivity contribution < 1.29 is 35.9 Å². The van der Waals surface area contributed by atoms with E-state index in [-0.39, 0.29) is 72.1 Å². The maximum Gasteiger partial charge on any atom is 0.240 e. The highest BCUT2D eigenvalue weighted by atomic mass is 19.2. The summed E-state index contributed by atoms with van der Waals surface area (Å²) in [7, 11) is 0. The van der Waals surface area contributed by atoms with Crippen molar-refractivity contribution in [2.75, 3.05) is 39.3 Å². The zero-order valence-corrected chi connectivity index (χ0v) is 34.8. The fraction of sp³-hybridized carbons (Fsp3) is 0.458. The number of carbonyl (C=O) groups is 2. The normalized spacial score (nSPS) is 25.2. The summed E-state index contributed by atoms with van der Waals surface area (Å²) in [5.41, 5.74) is 5.15. The van der Waals surface area contributed by atoms with E-state index in [9.17, 15) is 35.9 Å². The number of likely N-dealkylation sites (tertiary alicyclic amines) is 4. The third-order valence-corrected chi connectivity index (χ3v) is 13.0. The monoisotopic (exact) mass is 832 g/mol. The van der Waals surface area contributed by atoms with Crippen molar-refractivity contribution in [3.63, 3.8) is 0 Å². The predicted octanol–water partition coefficient (Wildman–Crippen LogP) is 9.02. The fourth-order valence-electron chi connectivity index (χ4n) is 9.20. The number of benzene rings is 4. The summed E-state index contributed by atoms with van der Waals surface area (Å²) in [6.45, 7) is 10.2. The predicted molar refractivity (Wildman–Crippen MR) is 220 cm³/mol. The maximum atomic E-state index is 15.0. The van der Waals surface area contributed by atoms with Gasteiger partial charge in [-0.25, -0.2) is 26.3 Å². The van der Waals surface area contributed by atoms with Crippen LogP contribution in [0.5, 0.6) is 0 Å². The minimum atomic E-state index is -1.14. The number of hydrogen-bond acceptors (Lipinski definition) is 4. The molecule has 0 saturated carbocycles. The Bertz CT molecular complexity index is 2050. The van der Waals surface area contributed by atoms with E-state index in [1.54, 1.807) is 73.9 Å². The lowest BCUT2D eigenvalue weighted by atomic mass is 9.87. The molecule has 0 bridgehead atoms. The molecule has 0 spiro atoms. The second-order valence-electron chi connectivity index (χ2n) is 17.1. The number of alkyl halides is 2. The maximum absolute atomic E-state index is 15.0. The number of carbonyl (C=O) groups excluding carboxylic acids is 2. The molecule has 2 amide bonds. The summed E-state index contributed by atoms with van der Waals surface area (Å²) in [4.78, 5) is 33.1. The summed E-state index contributed by atoms with van der Waals surface area (Å²) < 4.78 is 85.4. The average Bonchev–Trinajstić information content (AvgIpc) is 3.77. The number of halogens is 6. The van der Waals surface area contributed by atoms with Crippen LogP contribution in [0.2, 0.25) is 0 Å². The van der Waals surface area contributed by atoms with Crippen LogP contribution >= 0.6 is 0 Å². The number of nitrogens with zero attached hydrogens (tertiary/aromatic N) is 4. The first kappa shape index (κ1) is 43.4. The third-order valence-electron chi connectivity index (χ3n) is 13.0. The van der Waals surface area contributed by atoms with E-state index in [0.717, 1.165) is 11.1 Å². The Balaban J connectivity index is 0.000000181. The van der Waals surface area contributed by atoms with Gasteiger partial charge in [0.2, 0.25) is 11.8 Å². The highest BCUT2D eigenvalue weighted by molar-refractivity contribution is 5.84. The van der Waals surface area contributed by atoms with Crippen molar-refractivity contribution >= 4 is 11.8 Å². The highest BCUT2D eigenvalue weighted by Crippen LogP contribution is 2.36. The van der Waals surface area contributed by atoms with E-state index in [1.165, 1.54) is 24.3 Å². The second-order valence-corrected chi connectivity index (χ2v) is 17.1. The van der Waals surface area contributed by atoms with Gasteiger partial charge < -0.3 is 9.80 Å². The lowest BCUT2D eigenvalue weighted by Crippen LogP contribution is -2.49. The smallest absolute Gasteiger partial charge is 0.240 e. The molecule has 4 aliphatic heterocycles. The first-order valence-electron chi connectivity index (χ1n) is 21.0. The number of aryl methyl sites for hydroxylation is 4. The van der Waals surface area contributed by atoms with Gasteiger partial charge in [-0.3, -0.25) is 19.4 Å². The molecule has 0 aromatic heterocycles. The molecule has 6 nitrogen and oxygen atoms in total. The average molecular weight is 833 g/mol. The Morgan fingerprint density at radius 1 is 0.483 bits per heavy atom. The van der Waals surface area contributed by atoms with E-state index in [4.69, 9.17) is 0 Å². The molecule has 8 rings (SSSR count). The van der Waals surface area contributed by atoms with Crippen molar-refractivity contribution in [1.82, 2.24) is 19.6 Å². The first-order valence-corrected chi connectivity index (χ1v) is 21.0. The molecule has 0 aliphatic carbocycles. The van der Waals surface area contributed by atoms with Gasteiger partial charge in [0.1, 0.15) is 35.6 Å². The number of hydrogen-bond donors (Lipinski definition) is 0. The van der Waals surface area contributed by atoms with E-state index < -0.39 is 12.3 Å². The molecule has 4 saturated heterocycles. The van der Waals surface area contributed by atoms with Crippen LogP contribution in [-0.4, -0.2) is 95.1 Å². The van der Waals surface area contributed by atoms with Gasteiger partial charge in [-0.1, -0.05) is 48.5 Å². The molecule has 4 aromatic carbocycles. The zero-order valence-electron chi connectivity index (χ0n) is 34.8. The molecule has 320 valence electrons. The van der Waals surface area contributed by atoms with E-state index in [1.807, 2.05) is 21.9 Å². The van der Waals surface area contributed by atoms with Crippen LogP contribution in [0.1, 0.15) is 82.0 Å². The van der Waals surface area contributed by atoms with Crippen molar-refractivity contribution in [2.24, 2.45) is 0 Å². The lowest BCUT2D eigenvalue weighted by molar-refractivity contribution is -0.134. The van der Waals surface area contributed by atoms with Crippen LogP contribution in [-0.2, 0) is 22.7 Å². The van der Waals surface area contributed by atoms with Gasteiger partial charge >= 0.3 is 0 Å². The molecule has 12 heteroatoms. The second kappa shape index (κ2) is 18.5. The van der Waals surface area contributed by atoms with Crippen LogP contribution in [0.25, 0.3) is 0 Å². The molecular formula is C48H54F6N4O2. The summed E-state index contributed by atoms with van der Waals surface area (Å²) >= 11 is 0. The third kappa shape index (κ3) is 9.60. The fourth-order valence-corrected chi connectivity index (χ4v) is 9.20. The SMILES string of the molecule is Cc1ccc(CN2CC[C@@H](N3CC[C@@H](c4ccc(C)c(F)c4)[C@H](F)C3)C2=O)cc1F.Cc1ccc(CN2CC[C@H](N3CC[C@@H](c4ccc(C)c(F)c4)[C@H](F)C3)C2=O)cc1F. The van der Waals surface area contributed by atoms with Crippen LogP contribution < -0.4 is 0 Å². The van der Waals surface area contributed by atoms with Gasteiger partial charge in [-0.05, 0) is 135 Å². The van der Waals surface area contributed by atoms with E-state index in [2.05, 4.69) is 0 Å². The molecule has 0 N–H and O–H groups in total. The zero-order chi connectivity index (χ0) is 42.8. The van der Waals surface area contributed by atoms with Gasteiger partial charge in [0.15, 0.2) is 0 Å². The summed E-state index contributed by atoms with van der Waals surface area (Å²) in [6.07, 6.45) is 0.100. The quantitative estimate of drug-likeness (QED) is 0.167. The largest absolute Gasteiger partial charge is 0.337 e. The Morgan fingerprint density at radius 3 is 1.17 bits per heavy atom. The first-order chi connectivity index (χ1) is 28.7. The number of amides is 2. The van der Waals surface area contributed by atoms with Gasteiger partial charge in [-0.2, -0.15) is 0 Å². The Hall–Kier alpha value is -4.68. The number of rotatable bonds is 8. The van der Waals surface area contributed by atoms with Gasteiger partial charge in [0, 0.05) is 51.1 Å². The molecule has 0 unspecified atom stereocenters. The van der Waals surface area contributed by atoms with Gasteiger partial charge in [0.05, 0.1) is 12.1 Å². The number of piperidine rings is 2. The minimum absolute atomic E-state index is 0.0250. The summed E-state index contributed by atoms with van der Waals surface area (Å²) in [5, 5.41) is 0. The van der Waals surface area contributed by atoms with E-state index in [0.29, 0.717) is 98.3 Å². The molecule has 0 radical (unpaired) electrons. The molecular weight excluding hydrogens is 779 g/mol. The highest BCUT2D eigenvalue weighted by Gasteiger charge is 2.42. The Labute approximate surface area is 349 Å². The van der Waals surface area contributed by atoms with Crippen LogP contribution in [0, 0.1) is 51.0 Å². The molecule has 4 heterocycles. The van der Waals surface area contributed by atoms with Gasteiger partial charge in [-0.15, -0.1) is 0 Å². The molecule has 4 fully saturated rings. The van der Waals surface area contributed by atoms with Crippen LogP contribution in [0.15, 0.2) is 72.8 Å².